The van der Waals surface area contributed by atoms with Gasteiger partial charge in [-0.2, -0.15) is 0 Å². The summed E-state index contributed by atoms with van der Waals surface area (Å²) in [6.07, 6.45) is -0.334. The molecule has 0 rings (SSSR count). The molecule has 0 saturated carbocycles. The molecule has 0 saturated heterocycles. The molecule has 66 valence electrons. The van der Waals surface area contributed by atoms with Gasteiger partial charge in [0, 0.05) is 0 Å². The van der Waals surface area contributed by atoms with E-state index in [9.17, 15) is 4.79 Å². The van der Waals surface area contributed by atoms with Gasteiger partial charge in [-0.05, 0) is 26.6 Å². The van der Waals surface area contributed by atoms with Gasteiger partial charge >= 0.3 is 0 Å². The molecule has 0 aliphatic carbocycles. The highest BCUT2D eigenvalue weighted by atomic mass is 35.5. The average Bonchev–Trinajstić information content (AvgIpc) is 1.82. The Hall–Kier alpha value is 0.137. The van der Waals surface area contributed by atoms with Crippen molar-refractivity contribution in [1.29, 1.82) is 0 Å². The van der Waals surface area contributed by atoms with Crippen LogP contribution in [0.2, 0.25) is 19.6 Å². The minimum atomic E-state index is -1.58. The SMILES string of the molecule is C[C@@H](O[Si](C)(C)C)C(=O)CCl. The first-order valence-corrected chi connectivity index (χ1v) is 7.57. The zero-order chi connectivity index (χ0) is 9.07. The Morgan fingerprint density at radius 2 is 2.00 bits per heavy atom. The van der Waals surface area contributed by atoms with Gasteiger partial charge in [-0.25, -0.2) is 0 Å². The maximum Gasteiger partial charge on any atom is 0.184 e. The summed E-state index contributed by atoms with van der Waals surface area (Å²) < 4.78 is 5.50. The standard InChI is InChI=1S/C7H15ClO2Si/c1-6(7(9)5-8)10-11(2,3)4/h6H,5H2,1-4H3/t6-/m1/s1. The zero-order valence-corrected chi connectivity index (χ0v) is 9.23. The molecule has 0 amide bonds. The Balaban J connectivity index is 3.87. The van der Waals surface area contributed by atoms with Gasteiger partial charge in [-0.3, -0.25) is 4.79 Å². The Morgan fingerprint density at radius 3 is 2.27 bits per heavy atom. The van der Waals surface area contributed by atoms with Crippen LogP contribution >= 0.6 is 11.6 Å². The fraction of sp³-hybridized carbons (Fsp3) is 0.857. The van der Waals surface area contributed by atoms with Gasteiger partial charge in [0.1, 0.15) is 6.10 Å². The number of alkyl halides is 1. The molecule has 0 fully saturated rings. The van der Waals surface area contributed by atoms with Crippen molar-refractivity contribution < 1.29 is 9.22 Å². The molecule has 0 heterocycles. The molecule has 0 radical (unpaired) electrons. The van der Waals surface area contributed by atoms with Gasteiger partial charge in [0.05, 0.1) is 5.88 Å². The molecule has 1 atom stereocenters. The predicted molar refractivity (Wildman–Crippen MR) is 49.6 cm³/mol. The second-order valence-electron chi connectivity index (χ2n) is 3.47. The van der Waals surface area contributed by atoms with Crippen LogP contribution in [0, 0.1) is 0 Å². The van der Waals surface area contributed by atoms with Crippen molar-refractivity contribution in [3.63, 3.8) is 0 Å². The van der Waals surface area contributed by atoms with Crippen LogP contribution in [0.4, 0.5) is 0 Å². The van der Waals surface area contributed by atoms with E-state index < -0.39 is 8.32 Å². The lowest BCUT2D eigenvalue weighted by Gasteiger charge is -2.21. The second-order valence-corrected chi connectivity index (χ2v) is 8.20. The van der Waals surface area contributed by atoms with Gasteiger partial charge in [-0.1, -0.05) is 0 Å². The fourth-order valence-electron chi connectivity index (χ4n) is 0.705. The van der Waals surface area contributed by atoms with E-state index in [0.29, 0.717) is 0 Å². The molecule has 0 unspecified atom stereocenters. The Bertz CT molecular complexity index is 142. The summed E-state index contributed by atoms with van der Waals surface area (Å²) >= 11 is 5.36. The average molecular weight is 195 g/mol. The number of ketones is 1. The van der Waals surface area contributed by atoms with Gasteiger partial charge < -0.3 is 4.43 Å². The lowest BCUT2D eigenvalue weighted by molar-refractivity contribution is -0.122. The molecule has 0 bridgehead atoms. The Labute approximate surface area is 74.0 Å². The highest BCUT2D eigenvalue weighted by Gasteiger charge is 2.21. The summed E-state index contributed by atoms with van der Waals surface area (Å²) in [5, 5.41) is 0. The number of carbonyl (C=O) groups excluding carboxylic acids is 1. The Morgan fingerprint density at radius 1 is 1.55 bits per heavy atom. The maximum absolute atomic E-state index is 11.0. The van der Waals surface area contributed by atoms with Crippen LogP contribution in [0.25, 0.3) is 0 Å². The smallest absolute Gasteiger partial charge is 0.184 e. The van der Waals surface area contributed by atoms with Crippen molar-refractivity contribution >= 4 is 25.7 Å². The van der Waals surface area contributed by atoms with E-state index in [1.807, 2.05) is 19.6 Å². The number of carbonyl (C=O) groups is 1. The molecule has 4 heteroatoms. The third-order valence-corrected chi connectivity index (χ3v) is 2.44. The minimum Gasteiger partial charge on any atom is -0.408 e. The lowest BCUT2D eigenvalue weighted by atomic mass is 10.3. The summed E-state index contributed by atoms with van der Waals surface area (Å²) in [7, 11) is -1.58. The summed E-state index contributed by atoms with van der Waals surface area (Å²) in [5.41, 5.74) is 0. The van der Waals surface area contributed by atoms with Gasteiger partial charge in [-0.15, -0.1) is 11.6 Å². The molecular weight excluding hydrogens is 180 g/mol. The van der Waals surface area contributed by atoms with E-state index in [4.69, 9.17) is 16.0 Å². The molecular formula is C7H15ClO2Si. The molecule has 0 aromatic heterocycles. The van der Waals surface area contributed by atoms with Crippen molar-refractivity contribution in [2.75, 3.05) is 5.88 Å². The molecule has 0 spiro atoms. The number of Topliss-reactive ketones (excluding diaryl/α,β-unsaturated/α-hetero) is 1. The van der Waals surface area contributed by atoms with Gasteiger partial charge in [0.25, 0.3) is 0 Å². The van der Waals surface area contributed by atoms with Crippen molar-refractivity contribution in [3.8, 4) is 0 Å². The van der Waals surface area contributed by atoms with E-state index in [1.165, 1.54) is 0 Å². The monoisotopic (exact) mass is 194 g/mol. The number of rotatable bonds is 4. The first-order chi connectivity index (χ1) is 4.87. The quantitative estimate of drug-likeness (QED) is 0.506. The largest absolute Gasteiger partial charge is 0.408 e. The number of halogens is 1. The normalized spacial score (nSPS) is 14.6. The van der Waals surface area contributed by atoms with Gasteiger partial charge in [0.2, 0.25) is 0 Å². The van der Waals surface area contributed by atoms with E-state index >= 15 is 0 Å². The highest BCUT2D eigenvalue weighted by molar-refractivity contribution is 6.69. The third kappa shape index (κ3) is 5.41. The predicted octanol–water partition coefficient (Wildman–Crippen LogP) is 2.03. The maximum atomic E-state index is 11.0. The zero-order valence-electron chi connectivity index (χ0n) is 7.48. The fourth-order valence-corrected chi connectivity index (χ4v) is 2.11. The number of hydrogen-bond donors (Lipinski definition) is 0. The van der Waals surface area contributed by atoms with Crippen molar-refractivity contribution in [2.45, 2.75) is 32.7 Å². The first-order valence-electron chi connectivity index (χ1n) is 3.63. The molecule has 11 heavy (non-hydrogen) atoms. The molecule has 0 aromatic carbocycles. The highest BCUT2D eigenvalue weighted by Crippen LogP contribution is 2.07. The van der Waals surface area contributed by atoms with Crippen LogP contribution in [0.5, 0.6) is 0 Å². The minimum absolute atomic E-state index is 0.0332. The summed E-state index contributed by atoms with van der Waals surface area (Å²) in [6.45, 7) is 7.89. The van der Waals surface area contributed by atoms with E-state index in [1.54, 1.807) is 6.92 Å². The van der Waals surface area contributed by atoms with Crippen LogP contribution in [0.15, 0.2) is 0 Å². The molecule has 0 aliphatic rings. The van der Waals surface area contributed by atoms with E-state index in [2.05, 4.69) is 0 Å². The summed E-state index contributed by atoms with van der Waals surface area (Å²) in [6, 6.07) is 0. The second kappa shape index (κ2) is 4.23. The molecule has 0 N–H and O–H groups in total. The van der Waals surface area contributed by atoms with Crippen LogP contribution < -0.4 is 0 Å². The summed E-state index contributed by atoms with van der Waals surface area (Å²) in [4.78, 5) is 11.0. The van der Waals surface area contributed by atoms with Crippen LogP contribution in [0.3, 0.4) is 0 Å². The van der Waals surface area contributed by atoms with Crippen LogP contribution in [0.1, 0.15) is 6.92 Å². The third-order valence-electron chi connectivity index (χ3n) is 1.12. The van der Waals surface area contributed by atoms with Gasteiger partial charge in [0.15, 0.2) is 14.1 Å². The lowest BCUT2D eigenvalue weighted by Crippen LogP contribution is -2.35. The topological polar surface area (TPSA) is 26.3 Å². The van der Waals surface area contributed by atoms with E-state index in [0.717, 1.165) is 0 Å². The Kier molecular flexibility index (Phi) is 4.29. The molecule has 0 aliphatic heterocycles. The van der Waals surface area contributed by atoms with Crippen LogP contribution in [-0.4, -0.2) is 26.1 Å². The summed E-state index contributed by atoms with van der Waals surface area (Å²) in [5.74, 6) is 0.0140. The molecule has 0 aromatic rings. The van der Waals surface area contributed by atoms with Crippen LogP contribution in [-0.2, 0) is 9.22 Å². The van der Waals surface area contributed by atoms with Crippen molar-refractivity contribution in [3.05, 3.63) is 0 Å². The molecule has 2 nitrogen and oxygen atoms in total. The number of hydrogen-bond acceptors (Lipinski definition) is 2. The van der Waals surface area contributed by atoms with Crippen molar-refractivity contribution in [1.82, 2.24) is 0 Å². The first kappa shape index (κ1) is 11.1. The van der Waals surface area contributed by atoms with Crippen molar-refractivity contribution in [2.24, 2.45) is 0 Å². The van der Waals surface area contributed by atoms with E-state index in [-0.39, 0.29) is 17.8 Å².